The molecule has 0 aliphatic carbocycles. The van der Waals surface area contributed by atoms with Crippen molar-refractivity contribution in [2.75, 3.05) is 26.7 Å². The van der Waals surface area contributed by atoms with Crippen LogP contribution in [0, 0.1) is 0 Å². The Labute approximate surface area is 162 Å². The van der Waals surface area contributed by atoms with Crippen LogP contribution in [0.25, 0.3) is 0 Å². The predicted molar refractivity (Wildman–Crippen MR) is 109 cm³/mol. The fourth-order valence-electron chi connectivity index (χ4n) is 3.72. The summed E-state index contributed by atoms with van der Waals surface area (Å²) in [6, 6.07) is 16.7. The Morgan fingerprint density at radius 1 is 1.15 bits per heavy atom. The maximum absolute atomic E-state index is 12.5. The number of carbonyl (C=O) groups is 1. The van der Waals surface area contributed by atoms with Gasteiger partial charge in [0.05, 0.1) is 7.11 Å². The van der Waals surface area contributed by atoms with Crippen molar-refractivity contribution < 1.29 is 9.53 Å². The van der Waals surface area contributed by atoms with Gasteiger partial charge in [-0.2, -0.15) is 0 Å². The van der Waals surface area contributed by atoms with E-state index in [9.17, 15) is 4.79 Å². The van der Waals surface area contributed by atoms with Crippen molar-refractivity contribution in [3.05, 3.63) is 65.2 Å². The van der Waals surface area contributed by atoms with Crippen molar-refractivity contribution in [3.63, 3.8) is 0 Å². The molecule has 1 unspecified atom stereocenters. The molecule has 144 valence electrons. The van der Waals surface area contributed by atoms with Crippen LogP contribution in [0.1, 0.15) is 54.2 Å². The van der Waals surface area contributed by atoms with Gasteiger partial charge in [0.1, 0.15) is 5.75 Å². The summed E-state index contributed by atoms with van der Waals surface area (Å²) in [6.45, 7) is 8.00. The number of nitrogens with zero attached hydrogens (tertiary/aromatic N) is 2. The number of likely N-dealkylation sites (tertiary alicyclic amines) is 1. The first kappa shape index (κ1) is 19.4. The lowest BCUT2D eigenvalue weighted by Gasteiger charge is -2.28. The molecule has 0 N–H and O–H groups in total. The van der Waals surface area contributed by atoms with Crippen molar-refractivity contribution in [1.82, 2.24) is 9.80 Å². The number of methoxy groups -OCH3 is 1. The van der Waals surface area contributed by atoms with Crippen LogP contribution in [0.3, 0.4) is 0 Å². The summed E-state index contributed by atoms with van der Waals surface area (Å²) < 4.78 is 5.36. The van der Waals surface area contributed by atoms with Gasteiger partial charge in [-0.3, -0.25) is 9.69 Å². The topological polar surface area (TPSA) is 32.8 Å². The molecule has 2 aromatic carbocycles. The highest BCUT2D eigenvalue weighted by Gasteiger charge is 2.20. The lowest BCUT2D eigenvalue weighted by molar-refractivity contribution is 0.0793. The molecule has 1 atom stereocenters. The van der Waals surface area contributed by atoms with E-state index < -0.39 is 0 Å². The summed E-state index contributed by atoms with van der Waals surface area (Å²) in [5.41, 5.74) is 3.27. The van der Waals surface area contributed by atoms with Crippen LogP contribution in [-0.2, 0) is 6.54 Å². The van der Waals surface area contributed by atoms with Crippen LogP contribution in [0.5, 0.6) is 5.75 Å². The Kier molecular flexibility index (Phi) is 6.51. The molecule has 27 heavy (non-hydrogen) atoms. The molecule has 0 radical (unpaired) electrons. The third-order valence-electron chi connectivity index (χ3n) is 5.51. The summed E-state index contributed by atoms with van der Waals surface area (Å²) >= 11 is 0. The molecule has 1 amide bonds. The zero-order valence-electron chi connectivity index (χ0n) is 16.6. The van der Waals surface area contributed by atoms with Crippen molar-refractivity contribution in [3.8, 4) is 5.75 Å². The van der Waals surface area contributed by atoms with Gasteiger partial charge in [-0.1, -0.05) is 31.2 Å². The van der Waals surface area contributed by atoms with Crippen LogP contribution in [0.2, 0.25) is 0 Å². The van der Waals surface area contributed by atoms with Gasteiger partial charge in [0.2, 0.25) is 0 Å². The maximum atomic E-state index is 12.5. The van der Waals surface area contributed by atoms with Crippen molar-refractivity contribution in [2.24, 2.45) is 0 Å². The molecule has 4 nitrogen and oxygen atoms in total. The van der Waals surface area contributed by atoms with Crippen LogP contribution in [-0.4, -0.2) is 42.5 Å². The quantitative estimate of drug-likeness (QED) is 0.722. The van der Waals surface area contributed by atoms with Crippen molar-refractivity contribution >= 4 is 5.91 Å². The number of hydrogen-bond acceptors (Lipinski definition) is 3. The lowest BCUT2D eigenvalue weighted by atomic mass is 10.0. The predicted octanol–water partition coefficient (Wildman–Crippen LogP) is 4.51. The van der Waals surface area contributed by atoms with E-state index in [0.29, 0.717) is 0 Å². The van der Waals surface area contributed by atoms with E-state index in [1.54, 1.807) is 7.11 Å². The van der Waals surface area contributed by atoms with Crippen LogP contribution in [0.15, 0.2) is 48.5 Å². The maximum Gasteiger partial charge on any atom is 0.253 e. The highest BCUT2D eigenvalue weighted by Crippen LogP contribution is 2.25. The van der Waals surface area contributed by atoms with Crippen molar-refractivity contribution in [2.45, 2.75) is 39.3 Å². The van der Waals surface area contributed by atoms with Gasteiger partial charge in [0.25, 0.3) is 5.91 Å². The minimum Gasteiger partial charge on any atom is -0.497 e. The molecule has 1 heterocycles. The molecule has 2 aromatic rings. The highest BCUT2D eigenvalue weighted by atomic mass is 16.5. The summed E-state index contributed by atoms with van der Waals surface area (Å²) in [7, 11) is 1.70. The van der Waals surface area contributed by atoms with Gasteiger partial charge in [0.15, 0.2) is 0 Å². The Balaban J connectivity index is 1.67. The molecular formula is C23H30N2O2. The first-order valence-corrected chi connectivity index (χ1v) is 9.88. The Morgan fingerprint density at radius 2 is 1.85 bits per heavy atom. The van der Waals surface area contributed by atoms with Gasteiger partial charge >= 0.3 is 0 Å². The molecule has 0 aromatic heterocycles. The molecule has 1 saturated heterocycles. The minimum atomic E-state index is 0.163. The zero-order valence-corrected chi connectivity index (χ0v) is 16.6. The SMILES string of the molecule is CCN(Cc1ccc(C(=O)N2CCCC2)cc1)C(C)c1cccc(OC)c1. The van der Waals surface area contributed by atoms with Gasteiger partial charge in [-0.15, -0.1) is 0 Å². The molecule has 3 rings (SSSR count). The third kappa shape index (κ3) is 4.69. The highest BCUT2D eigenvalue weighted by molar-refractivity contribution is 5.94. The summed E-state index contributed by atoms with van der Waals surface area (Å²) in [4.78, 5) is 16.9. The van der Waals surface area contributed by atoms with Crippen LogP contribution >= 0.6 is 0 Å². The zero-order chi connectivity index (χ0) is 19.2. The minimum absolute atomic E-state index is 0.163. The van der Waals surface area contributed by atoms with E-state index in [1.807, 2.05) is 29.2 Å². The summed E-state index contributed by atoms with van der Waals surface area (Å²) in [5.74, 6) is 1.05. The van der Waals surface area contributed by atoms with E-state index in [4.69, 9.17) is 4.74 Å². The molecule has 1 aliphatic rings. The van der Waals surface area contributed by atoms with Gasteiger partial charge in [0, 0.05) is 31.2 Å². The van der Waals surface area contributed by atoms with E-state index >= 15 is 0 Å². The first-order chi connectivity index (χ1) is 13.1. The van der Waals surface area contributed by atoms with E-state index in [2.05, 4.69) is 43.0 Å². The van der Waals surface area contributed by atoms with Crippen LogP contribution < -0.4 is 4.74 Å². The third-order valence-corrected chi connectivity index (χ3v) is 5.51. The van der Waals surface area contributed by atoms with Gasteiger partial charge < -0.3 is 9.64 Å². The number of benzene rings is 2. The van der Waals surface area contributed by atoms with E-state index in [-0.39, 0.29) is 11.9 Å². The monoisotopic (exact) mass is 366 g/mol. The molecular weight excluding hydrogens is 336 g/mol. The average Bonchev–Trinajstić information content (AvgIpc) is 3.26. The van der Waals surface area contributed by atoms with Crippen LogP contribution in [0.4, 0.5) is 0 Å². The molecule has 0 bridgehead atoms. The smallest absolute Gasteiger partial charge is 0.253 e. The average molecular weight is 367 g/mol. The number of rotatable bonds is 7. The fourth-order valence-corrected chi connectivity index (χ4v) is 3.72. The number of carbonyl (C=O) groups excluding carboxylic acids is 1. The standard InChI is InChI=1S/C23H30N2O2/c1-4-24(18(2)21-8-7-9-22(16-21)27-3)17-19-10-12-20(13-11-19)23(26)25-14-5-6-15-25/h7-13,16,18H,4-6,14-15,17H2,1-3H3. The number of hydrogen-bond donors (Lipinski definition) is 0. The summed E-state index contributed by atoms with van der Waals surface area (Å²) in [5, 5.41) is 0. The Morgan fingerprint density at radius 3 is 2.48 bits per heavy atom. The number of amides is 1. The van der Waals surface area contributed by atoms with Crippen molar-refractivity contribution in [1.29, 1.82) is 0 Å². The first-order valence-electron chi connectivity index (χ1n) is 9.88. The Hall–Kier alpha value is -2.33. The molecule has 0 spiro atoms. The van der Waals surface area contributed by atoms with Gasteiger partial charge in [-0.05, 0) is 61.7 Å². The number of ether oxygens (including phenoxy) is 1. The van der Waals surface area contributed by atoms with E-state index in [1.165, 1.54) is 11.1 Å². The second-order valence-electron chi connectivity index (χ2n) is 7.21. The lowest BCUT2D eigenvalue weighted by Crippen LogP contribution is -2.28. The largest absolute Gasteiger partial charge is 0.497 e. The molecule has 0 saturated carbocycles. The molecule has 4 heteroatoms. The fraction of sp³-hybridized carbons (Fsp3) is 0.435. The summed E-state index contributed by atoms with van der Waals surface area (Å²) in [6.07, 6.45) is 2.24. The van der Waals surface area contributed by atoms with E-state index in [0.717, 1.165) is 50.3 Å². The molecule has 1 aliphatic heterocycles. The van der Waals surface area contributed by atoms with Gasteiger partial charge in [-0.25, -0.2) is 0 Å². The molecule has 1 fully saturated rings. The normalized spacial score (nSPS) is 15.2. The second kappa shape index (κ2) is 9.05. The second-order valence-corrected chi connectivity index (χ2v) is 7.21. The Bertz CT molecular complexity index is 751.